The number of carbonyl (C=O) groups is 2. The van der Waals surface area contributed by atoms with Crippen molar-refractivity contribution in [2.75, 3.05) is 5.32 Å². The molecule has 8 nitrogen and oxygen atoms in total. The molecule has 0 saturated heterocycles. The molecule has 0 fully saturated rings. The van der Waals surface area contributed by atoms with E-state index in [1.807, 2.05) is 13.8 Å². The summed E-state index contributed by atoms with van der Waals surface area (Å²) in [5.41, 5.74) is 2.41. The van der Waals surface area contributed by atoms with E-state index in [-0.39, 0.29) is 17.3 Å². The highest BCUT2D eigenvalue weighted by atomic mass is 35.5. The quantitative estimate of drug-likeness (QED) is 0.469. The number of esters is 1. The minimum absolute atomic E-state index is 0.00170. The lowest BCUT2D eigenvalue weighted by molar-refractivity contribution is -0.152. The van der Waals surface area contributed by atoms with Crippen LogP contribution < -0.4 is 10.1 Å². The van der Waals surface area contributed by atoms with Gasteiger partial charge in [-0.05, 0) is 44.5 Å². The van der Waals surface area contributed by atoms with Crippen molar-refractivity contribution < 1.29 is 23.6 Å². The van der Waals surface area contributed by atoms with Crippen molar-refractivity contribution in [2.24, 2.45) is 0 Å². The summed E-state index contributed by atoms with van der Waals surface area (Å²) in [4.78, 5) is 28.4. The third-order valence-electron chi connectivity index (χ3n) is 4.56. The van der Waals surface area contributed by atoms with E-state index in [1.54, 1.807) is 24.3 Å². The van der Waals surface area contributed by atoms with Gasteiger partial charge in [0.05, 0.1) is 27.7 Å². The van der Waals surface area contributed by atoms with Gasteiger partial charge in [0.25, 0.3) is 5.91 Å². The van der Waals surface area contributed by atoms with Gasteiger partial charge in [0.15, 0.2) is 11.9 Å². The van der Waals surface area contributed by atoms with Crippen LogP contribution in [0.3, 0.4) is 0 Å². The Morgan fingerprint density at radius 2 is 1.91 bits per heavy atom. The Morgan fingerprint density at radius 1 is 1.19 bits per heavy atom. The lowest BCUT2D eigenvalue weighted by Gasteiger charge is -2.14. The molecule has 1 N–H and O–H groups in total. The molecule has 168 valence electrons. The lowest BCUT2D eigenvalue weighted by Crippen LogP contribution is -2.30. The van der Waals surface area contributed by atoms with Gasteiger partial charge in [0.2, 0.25) is 0 Å². The summed E-state index contributed by atoms with van der Waals surface area (Å²) in [7, 11) is 0. The Labute approximate surface area is 194 Å². The number of rotatable bonds is 8. The fourth-order valence-electron chi connectivity index (χ4n) is 2.75. The molecule has 2 heterocycles. The number of pyridine rings is 1. The van der Waals surface area contributed by atoms with Crippen LogP contribution in [0, 0.1) is 13.8 Å². The normalized spacial score (nSPS) is 11.7. The average molecular weight is 478 g/mol. The smallest absolute Gasteiger partial charge is 0.311 e. The van der Waals surface area contributed by atoms with Crippen LogP contribution in [0.2, 0.25) is 10.0 Å². The van der Waals surface area contributed by atoms with E-state index in [9.17, 15) is 9.59 Å². The second kappa shape index (κ2) is 10.5. The first-order chi connectivity index (χ1) is 15.2. The van der Waals surface area contributed by atoms with Gasteiger partial charge >= 0.3 is 5.97 Å². The second-order valence-electron chi connectivity index (χ2n) is 7.02. The van der Waals surface area contributed by atoms with Crippen LogP contribution in [0.4, 0.5) is 5.82 Å². The van der Waals surface area contributed by atoms with Gasteiger partial charge in [-0.2, -0.15) is 0 Å². The Hall–Kier alpha value is -3.10. The van der Waals surface area contributed by atoms with Crippen LogP contribution in [0.1, 0.15) is 29.5 Å². The fourth-order valence-corrected chi connectivity index (χ4v) is 3.18. The number of anilines is 1. The van der Waals surface area contributed by atoms with E-state index in [0.717, 1.165) is 16.8 Å². The molecule has 2 aromatic heterocycles. The Kier molecular flexibility index (Phi) is 7.71. The van der Waals surface area contributed by atoms with Crippen LogP contribution in [-0.4, -0.2) is 28.1 Å². The first-order valence-corrected chi connectivity index (χ1v) is 10.4. The number of hydrogen-bond acceptors (Lipinski definition) is 7. The zero-order valence-electron chi connectivity index (χ0n) is 17.6. The van der Waals surface area contributed by atoms with E-state index < -0.39 is 18.0 Å². The summed E-state index contributed by atoms with van der Waals surface area (Å²) in [6.07, 6.45) is 0.317. The van der Waals surface area contributed by atoms with Gasteiger partial charge in [0.1, 0.15) is 18.1 Å². The highest BCUT2D eigenvalue weighted by Gasteiger charge is 2.20. The fraction of sp³-hybridized carbons (Fsp3) is 0.273. The molecule has 0 aliphatic heterocycles. The van der Waals surface area contributed by atoms with Gasteiger partial charge in [-0.25, -0.2) is 4.98 Å². The third kappa shape index (κ3) is 6.21. The van der Waals surface area contributed by atoms with Crippen molar-refractivity contribution in [2.45, 2.75) is 39.9 Å². The maximum atomic E-state index is 12.3. The number of amides is 1. The summed E-state index contributed by atoms with van der Waals surface area (Å²) >= 11 is 11.8. The summed E-state index contributed by atoms with van der Waals surface area (Å²) in [6.45, 7) is 5.48. The van der Waals surface area contributed by atoms with Crippen molar-refractivity contribution in [1.82, 2.24) is 10.1 Å². The Balaban J connectivity index is 1.49. The summed E-state index contributed by atoms with van der Waals surface area (Å²) in [6, 6.07) is 8.47. The molecule has 0 bridgehead atoms. The number of aryl methyl sites for hydroxylation is 2. The third-order valence-corrected chi connectivity index (χ3v) is 5.06. The van der Waals surface area contributed by atoms with Crippen LogP contribution >= 0.6 is 23.2 Å². The highest BCUT2D eigenvalue weighted by molar-refractivity contribution is 6.36. The van der Waals surface area contributed by atoms with Crippen molar-refractivity contribution in [3.05, 3.63) is 69.2 Å². The first-order valence-electron chi connectivity index (χ1n) is 9.68. The van der Waals surface area contributed by atoms with Crippen LogP contribution in [0.25, 0.3) is 0 Å². The zero-order valence-corrected chi connectivity index (χ0v) is 19.2. The molecule has 0 unspecified atom stereocenters. The molecule has 10 heteroatoms. The van der Waals surface area contributed by atoms with Crippen LogP contribution in [0.5, 0.6) is 5.75 Å². The van der Waals surface area contributed by atoms with Gasteiger partial charge in [-0.15, -0.1) is 0 Å². The number of halogens is 2. The molecule has 0 saturated carbocycles. The molecule has 1 aromatic carbocycles. The predicted molar refractivity (Wildman–Crippen MR) is 119 cm³/mol. The number of aromatic nitrogens is 2. The first kappa shape index (κ1) is 23.6. The standard InChI is InChI=1S/C22H21Cl2N3O5/c1-12-18(13(2)32-27-12)11-30-17-6-4-15(5-7-17)8-20(28)31-14(3)22(29)26-21-19(24)9-16(23)10-25-21/h4-7,9-10,14H,8,11H2,1-3H3,(H,25,26,29)/t14-/m0/s1. The maximum Gasteiger partial charge on any atom is 0.311 e. The summed E-state index contributed by atoms with van der Waals surface area (Å²) < 4.78 is 16.1. The molecule has 1 atom stereocenters. The van der Waals surface area contributed by atoms with Gasteiger partial charge in [0, 0.05) is 6.20 Å². The van der Waals surface area contributed by atoms with E-state index in [1.165, 1.54) is 19.2 Å². The van der Waals surface area contributed by atoms with E-state index in [4.69, 9.17) is 37.2 Å². The van der Waals surface area contributed by atoms with Crippen molar-refractivity contribution >= 4 is 40.9 Å². The van der Waals surface area contributed by atoms with Crippen molar-refractivity contribution in [3.8, 4) is 5.75 Å². The molecule has 3 rings (SSSR count). The minimum atomic E-state index is -1.03. The van der Waals surface area contributed by atoms with E-state index in [2.05, 4.69) is 15.5 Å². The molecular formula is C22H21Cl2N3O5. The highest BCUT2D eigenvalue weighted by Crippen LogP contribution is 2.23. The number of benzene rings is 1. The Morgan fingerprint density at radius 3 is 2.53 bits per heavy atom. The van der Waals surface area contributed by atoms with Crippen molar-refractivity contribution in [3.63, 3.8) is 0 Å². The number of hydrogen-bond donors (Lipinski definition) is 1. The number of nitrogens with zero attached hydrogens (tertiary/aromatic N) is 2. The van der Waals surface area contributed by atoms with Gasteiger partial charge in [-0.1, -0.05) is 40.5 Å². The average Bonchev–Trinajstić information content (AvgIpc) is 3.06. The molecular weight excluding hydrogens is 457 g/mol. The minimum Gasteiger partial charge on any atom is -0.489 e. The SMILES string of the molecule is Cc1noc(C)c1COc1ccc(CC(=O)O[C@@H](C)C(=O)Nc2ncc(Cl)cc2Cl)cc1. The van der Waals surface area contributed by atoms with E-state index >= 15 is 0 Å². The summed E-state index contributed by atoms with van der Waals surface area (Å²) in [5.74, 6) is 0.387. The number of nitrogens with one attached hydrogen (secondary N) is 1. The maximum absolute atomic E-state index is 12.3. The molecule has 1 amide bonds. The predicted octanol–water partition coefficient (Wildman–Crippen LogP) is 4.69. The zero-order chi connectivity index (χ0) is 23.3. The molecule has 0 radical (unpaired) electrons. The molecule has 0 aliphatic carbocycles. The van der Waals surface area contributed by atoms with E-state index in [0.29, 0.717) is 23.1 Å². The number of ether oxygens (including phenoxy) is 2. The van der Waals surface area contributed by atoms with Crippen molar-refractivity contribution in [1.29, 1.82) is 0 Å². The molecule has 0 aliphatic rings. The van der Waals surface area contributed by atoms with Crippen LogP contribution in [-0.2, 0) is 27.4 Å². The number of carbonyl (C=O) groups excluding carboxylic acids is 2. The molecule has 32 heavy (non-hydrogen) atoms. The monoisotopic (exact) mass is 477 g/mol. The van der Waals surface area contributed by atoms with Gasteiger partial charge in [-0.3, -0.25) is 9.59 Å². The Bertz CT molecular complexity index is 1100. The van der Waals surface area contributed by atoms with Crippen LogP contribution in [0.15, 0.2) is 41.1 Å². The lowest BCUT2D eigenvalue weighted by atomic mass is 10.1. The summed E-state index contributed by atoms with van der Waals surface area (Å²) in [5, 5.41) is 6.92. The molecule has 0 spiro atoms. The van der Waals surface area contributed by atoms with Gasteiger partial charge < -0.3 is 19.3 Å². The topological polar surface area (TPSA) is 104 Å². The molecule has 3 aromatic rings. The second-order valence-corrected chi connectivity index (χ2v) is 7.86. The largest absolute Gasteiger partial charge is 0.489 e.